The summed E-state index contributed by atoms with van der Waals surface area (Å²) in [6.45, 7) is 5.63. The monoisotopic (exact) mass is 256 g/mol. The van der Waals surface area contributed by atoms with Gasteiger partial charge in [-0.25, -0.2) is 0 Å². The SMILES string of the molecule is CC(C(=O)N(C)CC(=O)N(C)C)N1CCNCC1. The molecule has 0 aliphatic carbocycles. The molecule has 18 heavy (non-hydrogen) atoms. The minimum absolute atomic E-state index is 0.00657. The zero-order valence-corrected chi connectivity index (χ0v) is 11.8. The van der Waals surface area contributed by atoms with Gasteiger partial charge in [0.1, 0.15) is 0 Å². The van der Waals surface area contributed by atoms with E-state index in [1.165, 1.54) is 9.80 Å². The van der Waals surface area contributed by atoms with Crippen LogP contribution in [0.2, 0.25) is 0 Å². The van der Waals surface area contributed by atoms with Crippen molar-refractivity contribution in [3.8, 4) is 0 Å². The lowest BCUT2D eigenvalue weighted by molar-refractivity contribution is -0.141. The molecule has 1 unspecified atom stereocenters. The van der Waals surface area contributed by atoms with Crippen LogP contribution >= 0.6 is 0 Å². The normalized spacial score (nSPS) is 18.2. The smallest absolute Gasteiger partial charge is 0.241 e. The summed E-state index contributed by atoms with van der Waals surface area (Å²) in [5.74, 6) is -0.0505. The summed E-state index contributed by atoms with van der Waals surface area (Å²) in [7, 11) is 5.07. The Kier molecular flexibility index (Phi) is 5.55. The second-order valence-electron chi connectivity index (χ2n) is 4.94. The van der Waals surface area contributed by atoms with Gasteiger partial charge in [-0.05, 0) is 6.92 Å². The first-order valence-corrected chi connectivity index (χ1v) is 6.33. The molecule has 1 heterocycles. The molecular weight excluding hydrogens is 232 g/mol. The van der Waals surface area contributed by atoms with Crippen molar-refractivity contribution < 1.29 is 9.59 Å². The Morgan fingerprint density at radius 3 is 2.28 bits per heavy atom. The maximum atomic E-state index is 12.2. The molecule has 2 amide bonds. The van der Waals surface area contributed by atoms with Crippen LogP contribution in [0.5, 0.6) is 0 Å². The summed E-state index contributed by atoms with van der Waals surface area (Å²) >= 11 is 0. The van der Waals surface area contributed by atoms with Gasteiger partial charge < -0.3 is 15.1 Å². The highest BCUT2D eigenvalue weighted by molar-refractivity contribution is 5.87. The third-order valence-corrected chi connectivity index (χ3v) is 3.30. The molecule has 1 saturated heterocycles. The van der Waals surface area contributed by atoms with Gasteiger partial charge in [-0.3, -0.25) is 14.5 Å². The highest BCUT2D eigenvalue weighted by Crippen LogP contribution is 2.04. The van der Waals surface area contributed by atoms with Crippen LogP contribution in [0.1, 0.15) is 6.92 Å². The predicted molar refractivity (Wildman–Crippen MR) is 70.2 cm³/mol. The fourth-order valence-corrected chi connectivity index (χ4v) is 1.97. The topological polar surface area (TPSA) is 55.9 Å². The maximum absolute atomic E-state index is 12.2. The van der Waals surface area contributed by atoms with Crippen molar-refractivity contribution in [3.63, 3.8) is 0 Å². The van der Waals surface area contributed by atoms with E-state index in [-0.39, 0.29) is 24.4 Å². The summed E-state index contributed by atoms with van der Waals surface area (Å²) in [6, 6.07) is -0.160. The number of nitrogens with zero attached hydrogens (tertiary/aromatic N) is 3. The number of carbonyl (C=O) groups excluding carboxylic acids is 2. The molecule has 0 aromatic rings. The zero-order valence-electron chi connectivity index (χ0n) is 11.8. The number of rotatable bonds is 4. The Morgan fingerprint density at radius 1 is 1.22 bits per heavy atom. The highest BCUT2D eigenvalue weighted by atomic mass is 16.2. The Labute approximate surface area is 109 Å². The summed E-state index contributed by atoms with van der Waals surface area (Å²) in [5.41, 5.74) is 0. The van der Waals surface area contributed by atoms with E-state index in [1.54, 1.807) is 21.1 Å². The van der Waals surface area contributed by atoms with Gasteiger partial charge in [-0.1, -0.05) is 0 Å². The molecule has 1 fully saturated rings. The van der Waals surface area contributed by atoms with Crippen LogP contribution in [0, 0.1) is 0 Å². The zero-order chi connectivity index (χ0) is 13.7. The van der Waals surface area contributed by atoms with E-state index in [9.17, 15) is 9.59 Å². The predicted octanol–water partition coefficient (Wildman–Crippen LogP) is -1.17. The number of carbonyl (C=O) groups is 2. The van der Waals surface area contributed by atoms with E-state index in [0.717, 1.165) is 26.2 Å². The van der Waals surface area contributed by atoms with Gasteiger partial charge in [0.15, 0.2) is 0 Å². The van der Waals surface area contributed by atoms with Crippen LogP contribution in [-0.2, 0) is 9.59 Å². The van der Waals surface area contributed by atoms with E-state index in [0.29, 0.717) is 0 Å². The van der Waals surface area contributed by atoms with Gasteiger partial charge in [-0.2, -0.15) is 0 Å². The minimum Gasteiger partial charge on any atom is -0.347 e. The molecule has 0 spiro atoms. The summed E-state index contributed by atoms with van der Waals surface area (Å²) < 4.78 is 0. The Bertz CT molecular complexity index is 300. The Morgan fingerprint density at radius 2 is 1.78 bits per heavy atom. The molecule has 0 radical (unpaired) electrons. The molecule has 0 aromatic carbocycles. The number of nitrogens with one attached hydrogen (secondary N) is 1. The number of piperazine rings is 1. The molecule has 1 aliphatic heterocycles. The lowest BCUT2D eigenvalue weighted by Crippen LogP contribution is -2.53. The molecular formula is C12H24N4O2. The molecule has 0 aromatic heterocycles. The average Bonchev–Trinajstić information content (AvgIpc) is 2.37. The first-order valence-electron chi connectivity index (χ1n) is 6.33. The van der Waals surface area contributed by atoms with E-state index >= 15 is 0 Å². The van der Waals surface area contributed by atoms with Gasteiger partial charge in [0.2, 0.25) is 11.8 Å². The third-order valence-electron chi connectivity index (χ3n) is 3.30. The van der Waals surface area contributed by atoms with Crippen LogP contribution in [0.3, 0.4) is 0 Å². The molecule has 0 saturated carbocycles. The van der Waals surface area contributed by atoms with Crippen molar-refractivity contribution in [1.82, 2.24) is 20.0 Å². The molecule has 1 aliphatic rings. The second kappa shape index (κ2) is 6.70. The first-order chi connectivity index (χ1) is 8.43. The number of hydrogen-bond acceptors (Lipinski definition) is 4. The van der Waals surface area contributed by atoms with E-state index < -0.39 is 0 Å². The van der Waals surface area contributed by atoms with Crippen LogP contribution in [0.15, 0.2) is 0 Å². The molecule has 6 nitrogen and oxygen atoms in total. The largest absolute Gasteiger partial charge is 0.347 e. The van der Waals surface area contributed by atoms with Crippen molar-refractivity contribution in [2.75, 3.05) is 53.9 Å². The number of amides is 2. The molecule has 104 valence electrons. The Hall–Kier alpha value is -1.14. The van der Waals surface area contributed by atoms with Crippen LogP contribution in [0.25, 0.3) is 0 Å². The van der Waals surface area contributed by atoms with Crippen molar-refractivity contribution in [2.45, 2.75) is 13.0 Å². The summed E-state index contributed by atoms with van der Waals surface area (Å²) in [5, 5.41) is 3.26. The van der Waals surface area contributed by atoms with Crippen molar-refractivity contribution in [3.05, 3.63) is 0 Å². The summed E-state index contributed by atoms with van der Waals surface area (Å²) in [6.07, 6.45) is 0. The lowest BCUT2D eigenvalue weighted by Gasteiger charge is -2.34. The fourth-order valence-electron chi connectivity index (χ4n) is 1.97. The second-order valence-corrected chi connectivity index (χ2v) is 4.94. The highest BCUT2D eigenvalue weighted by Gasteiger charge is 2.26. The van der Waals surface area contributed by atoms with Crippen LogP contribution < -0.4 is 5.32 Å². The van der Waals surface area contributed by atoms with Gasteiger partial charge in [0, 0.05) is 47.3 Å². The lowest BCUT2D eigenvalue weighted by atomic mass is 10.2. The fraction of sp³-hybridized carbons (Fsp3) is 0.833. The van der Waals surface area contributed by atoms with Gasteiger partial charge in [0.05, 0.1) is 12.6 Å². The molecule has 6 heteroatoms. The molecule has 1 rings (SSSR count). The van der Waals surface area contributed by atoms with Crippen molar-refractivity contribution in [2.24, 2.45) is 0 Å². The van der Waals surface area contributed by atoms with Gasteiger partial charge in [-0.15, -0.1) is 0 Å². The quantitative estimate of drug-likeness (QED) is 0.688. The first kappa shape index (κ1) is 14.9. The molecule has 0 bridgehead atoms. The van der Waals surface area contributed by atoms with Crippen molar-refractivity contribution in [1.29, 1.82) is 0 Å². The van der Waals surface area contributed by atoms with Gasteiger partial charge in [0.25, 0.3) is 0 Å². The summed E-state index contributed by atoms with van der Waals surface area (Å²) in [4.78, 5) is 28.9. The molecule has 1 N–H and O–H groups in total. The maximum Gasteiger partial charge on any atom is 0.241 e. The van der Waals surface area contributed by atoms with Crippen LogP contribution in [0.4, 0.5) is 0 Å². The van der Waals surface area contributed by atoms with Crippen LogP contribution in [-0.4, -0.2) is 86.4 Å². The Balaban J connectivity index is 2.49. The van der Waals surface area contributed by atoms with E-state index in [2.05, 4.69) is 10.2 Å². The number of hydrogen-bond donors (Lipinski definition) is 1. The minimum atomic E-state index is -0.160. The van der Waals surface area contributed by atoms with E-state index in [4.69, 9.17) is 0 Å². The average molecular weight is 256 g/mol. The molecule has 1 atom stereocenters. The van der Waals surface area contributed by atoms with Crippen molar-refractivity contribution >= 4 is 11.8 Å². The third kappa shape index (κ3) is 3.96. The standard InChI is InChI=1S/C12H24N4O2/c1-10(16-7-5-13-6-8-16)12(18)15(4)9-11(17)14(2)3/h10,13H,5-9H2,1-4H3. The van der Waals surface area contributed by atoms with E-state index in [1.807, 2.05) is 6.92 Å². The number of likely N-dealkylation sites (N-methyl/N-ethyl adjacent to an activating group) is 2. The van der Waals surface area contributed by atoms with Gasteiger partial charge >= 0.3 is 0 Å².